The number of alkyl halides is 6. The third-order valence-corrected chi connectivity index (χ3v) is 3.81. The summed E-state index contributed by atoms with van der Waals surface area (Å²) >= 11 is 0. The van der Waals surface area contributed by atoms with Crippen molar-refractivity contribution in [1.29, 1.82) is 0 Å². The van der Waals surface area contributed by atoms with Gasteiger partial charge in [-0.1, -0.05) is 19.8 Å². The highest BCUT2D eigenvalue weighted by molar-refractivity contribution is 5.02. The lowest BCUT2D eigenvalue weighted by molar-refractivity contribution is -0.399. The van der Waals surface area contributed by atoms with Gasteiger partial charge in [-0.2, -0.15) is 26.3 Å². The van der Waals surface area contributed by atoms with E-state index in [-0.39, 0.29) is 18.8 Å². The summed E-state index contributed by atoms with van der Waals surface area (Å²) in [4.78, 5) is 0. The molecule has 1 aliphatic rings. The minimum Gasteiger partial charge on any atom is -0.358 e. The molecular weight excluding hydrogens is 274 g/mol. The number of halogens is 6. The van der Waals surface area contributed by atoms with Crippen molar-refractivity contribution in [3.63, 3.8) is 0 Å². The molecule has 1 rings (SSSR count). The van der Waals surface area contributed by atoms with E-state index in [1.165, 1.54) is 0 Å². The van der Waals surface area contributed by atoms with Gasteiger partial charge in [-0.15, -0.1) is 0 Å². The van der Waals surface area contributed by atoms with Gasteiger partial charge in [0.15, 0.2) is 0 Å². The van der Waals surface area contributed by atoms with Crippen LogP contribution in [0.3, 0.4) is 0 Å². The summed E-state index contributed by atoms with van der Waals surface area (Å²) in [6, 6.07) is 0. The zero-order valence-electron chi connectivity index (χ0n) is 10.9. The molecule has 0 heterocycles. The third-order valence-electron chi connectivity index (χ3n) is 3.81. The van der Waals surface area contributed by atoms with E-state index in [1.807, 2.05) is 6.92 Å². The lowest BCUT2D eigenvalue weighted by atomic mass is 9.73. The van der Waals surface area contributed by atoms with Crippen molar-refractivity contribution in [1.82, 2.24) is 0 Å². The number of hydrogen-bond donors (Lipinski definition) is 0. The molecule has 0 amide bonds. The normalized spacial score (nSPS) is 26.5. The fraction of sp³-hybridized carbons (Fsp3) is 1.00. The standard InChI is InChI=1S/C12H18F6O/c1-3-19-10(11(13,14)15,12(16,17)18)9-6-4-8(2)5-7-9/h8-9H,3-7H2,1-2H3. The van der Waals surface area contributed by atoms with E-state index in [0.717, 1.165) is 6.92 Å². The van der Waals surface area contributed by atoms with Gasteiger partial charge in [0.05, 0.1) is 0 Å². The lowest BCUT2D eigenvalue weighted by Gasteiger charge is -2.44. The Morgan fingerprint density at radius 1 is 0.895 bits per heavy atom. The zero-order chi connectivity index (χ0) is 14.9. The van der Waals surface area contributed by atoms with Crippen molar-refractivity contribution >= 4 is 0 Å². The molecule has 1 saturated carbocycles. The van der Waals surface area contributed by atoms with Crippen LogP contribution in [0.15, 0.2) is 0 Å². The second-order valence-electron chi connectivity index (χ2n) is 5.12. The summed E-state index contributed by atoms with van der Waals surface area (Å²) in [5.74, 6) is -1.39. The van der Waals surface area contributed by atoms with Gasteiger partial charge in [-0.05, 0) is 25.7 Å². The van der Waals surface area contributed by atoms with Gasteiger partial charge >= 0.3 is 12.4 Å². The van der Waals surface area contributed by atoms with Crippen molar-refractivity contribution in [3.05, 3.63) is 0 Å². The summed E-state index contributed by atoms with van der Waals surface area (Å²) in [7, 11) is 0. The minimum absolute atomic E-state index is 0.111. The van der Waals surface area contributed by atoms with E-state index < -0.39 is 30.5 Å². The first-order valence-electron chi connectivity index (χ1n) is 6.33. The SMILES string of the molecule is CCOC(C1CCC(C)CC1)(C(F)(F)F)C(F)(F)F. The van der Waals surface area contributed by atoms with Crippen LogP contribution in [0, 0.1) is 11.8 Å². The monoisotopic (exact) mass is 292 g/mol. The second-order valence-corrected chi connectivity index (χ2v) is 5.12. The summed E-state index contributed by atoms with van der Waals surface area (Å²) < 4.78 is 82.9. The topological polar surface area (TPSA) is 9.23 Å². The average molecular weight is 292 g/mol. The van der Waals surface area contributed by atoms with Gasteiger partial charge in [-0.3, -0.25) is 0 Å². The molecule has 0 radical (unpaired) electrons. The molecule has 1 nitrogen and oxygen atoms in total. The van der Waals surface area contributed by atoms with Gasteiger partial charge in [0, 0.05) is 12.5 Å². The van der Waals surface area contributed by atoms with Gasteiger partial charge in [0.2, 0.25) is 0 Å². The highest BCUT2D eigenvalue weighted by atomic mass is 19.4. The molecule has 7 heteroatoms. The Morgan fingerprint density at radius 3 is 1.63 bits per heavy atom. The van der Waals surface area contributed by atoms with E-state index in [9.17, 15) is 26.3 Å². The Labute approximate surface area is 108 Å². The third kappa shape index (κ3) is 3.01. The van der Waals surface area contributed by atoms with Gasteiger partial charge < -0.3 is 4.74 Å². The molecule has 0 aromatic carbocycles. The van der Waals surface area contributed by atoms with E-state index in [4.69, 9.17) is 0 Å². The molecule has 19 heavy (non-hydrogen) atoms. The Kier molecular flexibility index (Phi) is 4.80. The molecular formula is C12H18F6O. The highest BCUT2D eigenvalue weighted by Gasteiger charge is 2.75. The Hall–Kier alpha value is -0.460. The van der Waals surface area contributed by atoms with Crippen molar-refractivity contribution < 1.29 is 31.1 Å². The van der Waals surface area contributed by atoms with Crippen molar-refractivity contribution in [2.75, 3.05) is 6.61 Å². The first kappa shape index (κ1) is 16.6. The van der Waals surface area contributed by atoms with Gasteiger partial charge in [0.25, 0.3) is 5.60 Å². The van der Waals surface area contributed by atoms with E-state index >= 15 is 0 Å². The first-order chi connectivity index (χ1) is 8.56. The molecule has 0 aromatic rings. The van der Waals surface area contributed by atoms with E-state index in [1.54, 1.807) is 0 Å². The first-order valence-corrected chi connectivity index (χ1v) is 6.33. The maximum Gasteiger partial charge on any atom is 0.426 e. The Morgan fingerprint density at radius 2 is 1.32 bits per heavy atom. The number of ether oxygens (including phenoxy) is 1. The largest absolute Gasteiger partial charge is 0.426 e. The van der Waals surface area contributed by atoms with E-state index in [0.29, 0.717) is 12.8 Å². The second kappa shape index (κ2) is 5.50. The molecule has 0 spiro atoms. The maximum atomic E-state index is 13.1. The fourth-order valence-corrected chi connectivity index (χ4v) is 2.80. The molecule has 1 aliphatic carbocycles. The Balaban J connectivity index is 3.16. The summed E-state index contributed by atoms with van der Waals surface area (Å²) in [5, 5.41) is 0. The molecule has 0 bridgehead atoms. The van der Waals surface area contributed by atoms with Crippen molar-refractivity contribution in [2.45, 2.75) is 57.5 Å². The van der Waals surface area contributed by atoms with Crippen LogP contribution in [-0.4, -0.2) is 24.6 Å². The predicted molar refractivity (Wildman–Crippen MR) is 57.6 cm³/mol. The van der Waals surface area contributed by atoms with Crippen molar-refractivity contribution in [3.8, 4) is 0 Å². The molecule has 114 valence electrons. The number of hydrogen-bond acceptors (Lipinski definition) is 1. The van der Waals surface area contributed by atoms with Crippen LogP contribution >= 0.6 is 0 Å². The van der Waals surface area contributed by atoms with Crippen LogP contribution in [0.1, 0.15) is 39.5 Å². The van der Waals surface area contributed by atoms with Gasteiger partial charge in [0.1, 0.15) is 0 Å². The molecule has 0 N–H and O–H groups in total. The van der Waals surface area contributed by atoms with Crippen LogP contribution in [0.4, 0.5) is 26.3 Å². The lowest BCUT2D eigenvalue weighted by Crippen LogP contribution is -2.63. The number of rotatable bonds is 3. The summed E-state index contributed by atoms with van der Waals surface area (Å²) in [6.07, 6.45) is -10.4. The predicted octanol–water partition coefficient (Wildman–Crippen LogP) is 4.71. The molecule has 0 unspecified atom stereocenters. The fourth-order valence-electron chi connectivity index (χ4n) is 2.80. The quantitative estimate of drug-likeness (QED) is 0.684. The minimum atomic E-state index is -5.45. The summed E-state index contributed by atoms with van der Waals surface area (Å²) in [5.41, 5.74) is -4.02. The van der Waals surface area contributed by atoms with Crippen LogP contribution < -0.4 is 0 Å². The Bertz CT molecular complexity index is 274. The highest BCUT2D eigenvalue weighted by Crippen LogP contribution is 2.54. The molecule has 0 aliphatic heterocycles. The molecule has 1 fully saturated rings. The average Bonchev–Trinajstić information content (AvgIpc) is 2.24. The van der Waals surface area contributed by atoms with Crippen LogP contribution in [0.2, 0.25) is 0 Å². The molecule has 0 saturated heterocycles. The molecule has 0 aromatic heterocycles. The zero-order valence-corrected chi connectivity index (χ0v) is 10.9. The van der Waals surface area contributed by atoms with Gasteiger partial charge in [-0.25, -0.2) is 0 Å². The van der Waals surface area contributed by atoms with E-state index in [2.05, 4.69) is 4.74 Å². The smallest absolute Gasteiger partial charge is 0.358 e. The molecule has 0 atom stereocenters. The van der Waals surface area contributed by atoms with Crippen LogP contribution in [0.5, 0.6) is 0 Å². The summed E-state index contributed by atoms with van der Waals surface area (Å²) in [6.45, 7) is 2.36. The van der Waals surface area contributed by atoms with Crippen LogP contribution in [0.25, 0.3) is 0 Å². The van der Waals surface area contributed by atoms with Crippen molar-refractivity contribution in [2.24, 2.45) is 11.8 Å². The van der Waals surface area contributed by atoms with Crippen LogP contribution in [-0.2, 0) is 4.74 Å². The maximum absolute atomic E-state index is 13.1.